The van der Waals surface area contributed by atoms with E-state index in [1.807, 2.05) is 6.07 Å². The Morgan fingerprint density at radius 1 is 1.39 bits per heavy atom. The van der Waals surface area contributed by atoms with Crippen LogP contribution in [0.4, 0.5) is 4.39 Å². The molecule has 1 aliphatic heterocycles. The van der Waals surface area contributed by atoms with Crippen molar-refractivity contribution in [2.45, 2.75) is 18.9 Å². The van der Waals surface area contributed by atoms with Crippen LogP contribution in [0.3, 0.4) is 0 Å². The van der Waals surface area contributed by atoms with Crippen LogP contribution < -0.4 is 0 Å². The zero-order chi connectivity index (χ0) is 16.0. The summed E-state index contributed by atoms with van der Waals surface area (Å²) in [5.74, 6) is -0.415. The smallest absolute Gasteiger partial charge is 0.277 e. The topological polar surface area (TPSA) is 50.8 Å². The number of nitrogens with zero attached hydrogens (tertiary/aromatic N) is 3. The molecular formula is C16H13ClFN3O2. The predicted molar refractivity (Wildman–Crippen MR) is 81.9 cm³/mol. The third-order valence-electron chi connectivity index (χ3n) is 4.11. The quantitative estimate of drug-likeness (QED) is 0.718. The van der Waals surface area contributed by atoms with E-state index in [9.17, 15) is 9.18 Å². The Hall–Kier alpha value is -2.34. The number of hydrogen-bond acceptors (Lipinski definition) is 3. The van der Waals surface area contributed by atoms with Gasteiger partial charge in [0.1, 0.15) is 11.4 Å². The van der Waals surface area contributed by atoms with Crippen LogP contribution in [-0.4, -0.2) is 26.7 Å². The van der Waals surface area contributed by atoms with Crippen molar-refractivity contribution in [2.75, 3.05) is 6.54 Å². The fraction of sp³-hybridized carbons (Fsp3) is 0.250. The number of aromatic nitrogens is 2. The molecule has 0 radical (unpaired) electrons. The van der Waals surface area contributed by atoms with Gasteiger partial charge in [0.2, 0.25) is 5.95 Å². The fourth-order valence-electron chi connectivity index (χ4n) is 3.05. The lowest BCUT2D eigenvalue weighted by molar-refractivity contribution is 0.0709. The number of likely N-dealkylation sites (tertiary alicyclic amines) is 1. The van der Waals surface area contributed by atoms with Gasteiger partial charge in [0.25, 0.3) is 5.91 Å². The standard InChI is InChI=1S/C16H13ClFN3O2/c17-10-5-6-13-19-14(15(18)21(13)9-10)16(22)20-7-1-3-11(20)12-4-2-8-23-12/h2,4-6,8-9,11H,1,3,7H2/t11-/m1/s1. The van der Waals surface area contributed by atoms with E-state index in [1.165, 1.54) is 10.6 Å². The van der Waals surface area contributed by atoms with Crippen molar-refractivity contribution >= 4 is 23.2 Å². The molecule has 1 aliphatic rings. The largest absolute Gasteiger partial charge is 0.467 e. The first-order valence-electron chi connectivity index (χ1n) is 7.32. The molecule has 7 heteroatoms. The van der Waals surface area contributed by atoms with Crippen LogP contribution in [0.5, 0.6) is 0 Å². The van der Waals surface area contributed by atoms with Gasteiger partial charge in [-0.25, -0.2) is 4.98 Å². The first-order chi connectivity index (χ1) is 11.1. The van der Waals surface area contributed by atoms with Crippen molar-refractivity contribution in [2.24, 2.45) is 0 Å². The molecule has 1 atom stereocenters. The Morgan fingerprint density at radius 3 is 3.04 bits per heavy atom. The van der Waals surface area contributed by atoms with E-state index in [2.05, 4.69) is 4.98 Å². The third-order valence-corrected chi connectivity index (χ3v) is 4.34. The van der Waals surface area contributed by atoms with Gasteiger partial charge < -0.3 is 9.32 Å². The van der Waals surface area contributed by atoms with E-state index in [1.54, 1.807) is 29.4 Å². The molecule has 0 aliphatic carbocycles. The highest BCUT2D eigenvalue weighted by Crippen LogP contribution is 2.33. The van der Waals surface area contributed by atoms with Gasteiger partial charge in [0.15, 0.2) is 5.69 Å². The maximum atomic E-state index is 14.6. The summed E-state index contributed by atoms with van der Waals surface area (Å²) in [7, 11) is 0. The molecule has 1 amide bonds. The second kappa shape index (κ2) is 5.38. The molecule has 0 N–H and O–H groups in total. The molecule has 1 fully saturated rings. The molecule has 4 heterocycles. The van der Waals surface area contributed by atoms with Gasteiger partial charge in [-0.3, -0.25) is 9.20 Å². The molecule has 0 unspecified atom stereocenters. The number of pyridine rings is 1. The number of amides is 1. The summed E-state index contributed by atoms with van der Waals surface area (Å²) in [5.41, 5.74) is 0.162. The van der Waals surface area contributed by atoms with Gasteiger partial charge in [-0.2, -0.15) is 4.39 Å². The van der Waals surface area contributed by atoms with Gasteiger partial charge in [-0.1, -0.05) is 11.6 Å². The summed E-state index contributed by atoms with van der Waals surface area (Å²) in [6, 6.07) is 6.63. The number of hydrogen-bond donors (Lipinski definition) is 0. The number of carbonyl (C=O) groups excluding carboxylic acids is 1. The van der Waals surface area contributed by atoms with Gasteiger partial charge in [0, 0.05) is 12.7 Å². The summed E-state index contributed by atoms with van der Waals surface area (Å²) in [4.78, 5) is 18.5. The van der Waals surface area contributed by atoms with Crippen molar-refractivity contribution < 1.29 is 13.6 Å². The number of halogens is 2. The Kier molecular flexibility index (Phi) is 3.34. The fourth-order valence-corrected chi connectivity index (χ4v) is 3.21. The van der Waals surface area contributed by atoms with Crippen molar-refractivity contribution in [1.82, 2.24) is 14.3 Å². The molecule has 1 saturated heterocycles. The lowest BCUT2D eigenvalue weighted by atomic mass is 10.1. The predicted octanol–water partition coefficient (Wildman–Crippen LogP) is 3.70. The zero-order valence-electron chi connectivity index (χ0n) is 12.1. The minimum atomic E-state index is -0.697. The maximum Gasteiger partial charge on any atom is 0.277 e. The van der Waals surface area contributed by atoms with Crippen molar-refractivity contribution in [3.8, 4) is 0 Å². The third kappa shape index (κ3) is 2.30. The number of fused-ring (bicyclic) bond motifs is 1. The molecule has 3 aromatic heterocycles. The highest BCUT2D eigenvalue weighted by atomic mass is 35.5. The van der Waals surface area contributed by atoms with Gasteiger partial charge in [-0.05, 0) is 37.1 Å². The summed E-state index contributed by atoms with van der Waals surface area (Å²) >= 11 is 5.87. The summed E-state index contributed by atoms with van der Waals surface area (Å²) in [6.45, 7) is 0.554. The summed E-state index contributed by atoms with van der Waals surface area (Å²) < 4.78 is 21.1. The first kappa shape index (κ1) is 14.3. The van der Waals surface area contributed by atoms with Gasteiger partial charge >= 0.3 is 0 Å². The van der Waals surface area contributed by atoms with Crippen LogP contribution in [0, 0.1) is 5.95 Å². The minimum Gasteiger partial charge on any atom is -0.467 e. The van der Waals surface area contributed by atoms with Crippen LogP contribution in [0.1, 0.15) is 35.1 Å². The second-order valence-electron chi connectivity index (χ2n) is 5.50. The molecule has 0 bridgehead atoms. The second-order valence-corrected chi connectivity index (χ2v) is 5.94. The van der Waals surface area contributed by atoms with E-state index in [0.29, 0.717) is 23.0 Å². The van der Waals surface area contributed by atoms with E-state index in [0.717, 1.165) is 12.8 Å². The highest BCUT2D eigenvalue weighted by Gasteiger charge is 2.35. The van der Waals surface area contributed by atoms with Gasteiger partial charge in [0.05, 0.1) is 17.3 Å². The minimum absolute atomic E-state index is 0.176. The Bertz CT molecular complexity index is 875. The Labute approximate surface area is 136 Å². The van der Waals surface area contributed by atoms with E-state index >= 15 is 0 Å². The normalized spacial score (nSPS) is 18.0. The van der Waals surface area contributed by atoms with Crippen molar-refractivity contribution in [3.63, 3.8) is 0 Å². The number of furan rings is 1. The van der Waals surface area contributed by atoms with Crippen LogP contribution >= 0.6 is 11.6 Å². The van der Waals surface area contributed by atoms with Crippen LogP contribution in [0.15, 0.2) is 41.1 Å². The highest BCUT2D eigenvalue weighted by molar-refractivity contribution is 6.30. The van der Waals surface area contributed by atoms with E-state index < -0.39 is 11.9 Å². The lowest BCUT2D eigenvalue weighted by Gasteiger charge is -2.22. The molecule has 0 saturated carbocycles. The van der Waals surface area contributed by atoms with Crippen LogP contribution in [0.2, 0.25) is 5.02 Å². The first-order valence-corrected chi connectivity index (χ1v) is 7.70. The Balaban J connectivity index is 1.73. The molecular weight excluding hydrogens is 321 g/mol. The lowest BCUT2D eigenvalue weighted by Crippen LogP contribution is -2.31. The molecule has 4 rings (SSSR count). The summed E-state index contributed by atoms with van der Waals surface area (Å²) in [6.07, 6.45) is 4.62. The molecule has 0 aromatic carbocycles. The number of imidazole rings is 1. The maximum absolute atomic E-state index is 14.6. The molecule has 5 nitrogen and oxygen atoms in total. The monoisotopic (exact) mass is 333 g/mol. The van der Waals surface area contributed by atoms with Crippen molar-refractivity contribution in [3.05, 3.63) is 59.1 Å². The van der Waals surface area contributed by atoms with Gasteiger partial charge in [-0.15, -0.1) is 0 Å². The molecule has 23 heavy (non-hydrogen) atoms. The average molecular weight is 334 g/mol. The van der Waals surface area contributed by atoms with Crippen molar-refractivity contribution in [1.29, 1.82) is 0 Å². The Morgan fingerprint density at radius 2 is 2.26 bits per heavy atom. The SMILES string of the molecule is O=C(c1nc2ccc(Cl)cn2c1F)N1CCC[C@@H]1c1ccco1. The van der Waals surface area contributed by atoms with Crippen LogP contribution in [-0.2, 0) is 0 Å². The van der Waals surface area contributed by atoms with E-state index in [4.69, 9.17) is 16.0 Å². The number of rotatable bonds is 2. The zero-order valence-corrected chi connectivity index (χ0v) is 12.8. The number of carbonyl (C=O) groups is 1. The van der Waals surface area contributed by atoms with Crippen LogP contribution in [0.25, 0.3) is 5.65 Å². The molecule has 0 spiro atoms. The van der Waals surface area contributed by atoms with E-state index in [-0.39, 0.29) is 11.7 Å². The molecule has 3 aromatic rings. The average Bonchev–Trinajstić information content (AvgIpc) is 3.26. The molecule has 118 valence electrons. The summed E-state index contributed by atoms with van der Waals surface area (Å²) in [5, 5.41) is 0.377.